The van der Waals surface area contributed by atoms with E-state index in [4.69, 9.17) is 24.7 Å². The van der Waals surface area contributed by atoms with Crippen LogP contribution in [0.4, 0.5) is 5.69 Å². The molecule has 2 aliphatic heterocycles. The number of fused-ring (bicyclic) bond motifs is 2. The van der Waals surface area contributed by atoms with E-state index in [9.17, 15) is 14.4 Å². The normalized spacial score (nSPS) is 20.7. The van der Waals surface area contributed by atoms with E-state index in [1.54, 1.807) is 36.2 Å². The van der Waals surface area contributed by atoms with Crippen molar-refractivity contribution in [1.29, 1.82) is 0 Å². The van der Waals surface area contributed by atoms with Gasteiger partial charge in [0.2, 0.25) is 0 Å². The van der Waals surface area contributed by atoms with Crippen LogP contribution in [0.25, 0.3) is 0 Å². The van der Waals surface area contributed by atoms with Crippen LogP contribution in [0, 0.1) is 0 Å². The van der Waals surface area contributed by atoms with Crippen LogP contribution in [0.2, 0.25) is 0 Å². The van der Waals surface area contributed by atoms with Gasteiger partial charge in [0.1, 0.15) is 29.3 Å². The molecule has 0 saturated carbocycles. The molecule has 2 aliphatic rings. The van der Waals surface area contributed by atoms with E-state index in [2.05, 4.69) is 0 Å². The quantitative estimate of drug-likeness (QED) is 0.432. The van der Waals surface area contributed by atoms with Gasteiger partial charge in [0.05, 0.1) is 13.7 Å². The van der Waals surface area contributed by atoms with Gasteiger partial charge in [0, 0.05) is 25.4 Å². The zero-order valence-electron chi connectivity index (χ0n) is 16.6. The summed E-state index contributed by atoms with van der Waals surface area (Å²) >= 11 is 0. The Kier molecular flexibility index (Phi) is 5.34. The molecule has 1 aromatic rings. The van der Waals surface area contributed by atoms with Crippen LogP contribution in [0.1, 0.15) is 12.5 Å². The van der Waals surface area contributed by atoms with Crippen molar-refractivity contribution in [3.05, 3.63) is 52.6 Å². The Labute approximate surface area is 167 Å². The van der Waals surface area contributed by atoms with Crippen LogP contribution in [0.5, 0.6) is 0 Å². The molecule has 0 aliphatic carbocycles. The zero-order valence-corrected chi connectivity index (χ0v) is 16.6. The maximum absolute atomic E-state index is 13.2. The molecule has 2 heterocycles. The standard InChI is InChI=1S/C20H22N2O7/c1-11-14(18(24)28-10-9-26-3)20(19(25)29-11)12-7-5-6-8-13(12)22(2)16(21)15(20)17(23)27-4/h5-8H,9-10,21H2,1-4H3. The first-order valence-corrected chi connectivity index (χ1v) is 8.83. The lowest BCUT2D eigenvalue weighted by Crippen LogP contribution is -2.49. The van der Waals surface area contributed by atoms with Crippen molar-refractivity contribution in [2.45, 2.75) is 12.3 Å². The Morgan fingerprint density at radius 3 is 2.48 bits per heavy atom. The highest BCUT2D eigenvalue weighted by Gasteiger charge is 2.63. The van der Waals surface area contributed by atoms with Gasteiger partial charge in [0.15, 0.2) is 5.41 Å². The smallest absolute Gasteiger partial charge is 0.339 e. The van der Waals surface area contributed by atoms with E-state index < -0.39 is 23.3 Å². The molecule has 0 radical (unpaired) electrons. The fraction of sp³-hybridized carbons (Fsp3) is 0.350. The van der Waals surface area contributed by atoms with Crippen molar-refractivity contribution in [1.82, 2.24) is 0 Å². The number of hydrogen-bond donors (Lipinski definition) is 1. The highest BCUT2D eigenvalue weighted by molar-refractivity contribution is 6.16. The number of carbonyl (C=O) groups is 3. The van der Waals surface area contributed by atoms with E-state index in [1.807, 2.05) is 0 Å². The summed E-state index contributed by atoms with van der Waals surface area (Å²) in [5.74, 6) is -2.47. The summed E-state index contributed by atoms with van der Waals surface area (Å²) < 4.78 is 20.4. The molecule has 1 unspecified atom stereocenters. The molecule has 0 amide bonds. The monoisotopic (exact) mass is 402 g/mol. The number of allylic oxidation sites excluding steroid dienone is 1. The number of hydrogen-bond acceptors (Lipinski definition) is 9. The van der Waals surface area contributed by atoms with Gasteiger partial charge >= 0.3 is 17.9 Å². The Balaban J connectivity index is 2.32. The second-order valence-corrected chi connectivity index (χ2v) is 6.53. The van der Waals surface area contributed by atoms with E-state index in [1.165, 1.54) is 21.1 Å². The SMILES string of the molecule is COCCOC(=O)C1=C(C)OC(=O)C12C(C(=O)OC)=C(N)N(C)c1ccccc12. The first-order valence-electron chi connectivity index (χ1n) is 8.83. The van der Waals surface area contributed by atoms with E-state index >= 15 is 0 Å². The van der Waals surface area contributed by atoms with Crippen LogP contribution in [0.15, 0.2) is 47.0 Å². The predicted octanol–water partition coefficient (Wildman–Crippen LogP) is 0.738. The number of nitrogens with zero attached hydrogens (tertiary/aromatic N) is 1. The van der Waals surface area contributed by atoms with Gasteiger partial charge in [-0.25, -0.2) is 14.4 Å². The minimum Gasteiger partial charge on any atom is -0.466 e. The molecule has 1 spiro atoms. The third-order valence-electron chi connectivity index (χ3n) is 5.06. The summed E-state index contributed by atoms with van der Waals surface area (Å²) in [5, 5.41) is 0. The molecular formula is C20H22N2O7. The average molecular weight is 402 g/mol. The number of carbonyl (C=O) groups excluding carboxylic acids is 3. The molecule has 1 atom stereocenters. The lowest BCUT2D eigenvalue weighted by molar-refractivity contribution is -0.146. The fourth-order valence-corrected chi connectivity index (χ4v) is 3.76. The fourth-order valence-electron chi connectivity index (χ4n) is 3.76. The summed E-state index contributed by atoms with van der Waals surface area (Å²) in [5.41, 5.74) is 4.99. The number of esters is 3. The third-order valence-corrected chi connectivity index (χ3v) is 5.06. The van der Waals surface area contributed by atoms with Gasteiger partial charge in [-0.1, -0.05) is 18.2 Å². The van der Waals surface area contributed by atoms with Crippen LogP contribution >= 0.6 is 0 Å². The topological polar surface area (TPSA) is 117 Å². The molecule has 3 rings (SSSR count). The van der Waals surface area contributed by atoms with Gasteiger partial charge in [-0.15, -0.1) is 0 Å². The van der Waals surface area contributed by atoms with Crippen molar-refractivity contribution in [2.24, 2.45) is 5.73 Å². The zero-order chi connectivity index (χ0) is 21.3. The molecule has 29 heavy (non-hydrogen) atoms. The number of anilines is 1. The highest BCUT2D eigenvalue weighted by Crippen LogP contribution is 2.53. The molecule has 154 valence electrons. The summed E-state index contributed by atoms with van der Waals surface area (Å²) in [6.45, 7) is 1.59. The van der Waals surface area contributed by atoms with Crippen molar-refractivity contribution in [2.75, 3.05) is 39.4 Å². The molecule has 1 aromatic carbocycles. The van der Waals surface area contributed by atoms with Gasteiger partial charge in [-0.3, -0.25) is 0 Å². The van der Waals surface area contributed by atoms with Gasteiger partial charge in [0.25, 0.3) is 0 Å². The van der Waals surface area contributed by atoms with E-state index in [0.717, 1.165) is 0 Å². The van der Waals surface area contributed by atoms with E-state index in [-0.39, 0.29) is 35.9 Å². The Hall–Kier alpha value is -3.33. The number of rotatable bonds is 5. The molecule has 0 fully saturated rings. The second-order valence-electron chi connectivity index (χ2n) is 6.53. The number of nitrogens with two attached hydrogens (primary N) is 1. The summed E-state index contributed by atoms with van der Waals surface area (Å²) in [6.07, 6.45) is 0. The van der Waals surface area contributed by atoms with Gasteiger partial charge < -0.3 is 29.6 Å². The summed E-state index contributed by atoms with van der Waals surface area (Å²) in [6, 6.07) is 6.82. The molecular weight excluding hydrogens is 380 g/mol. The number of ether oxygens (including phenoxy) is 4. The lowest BCUT2D eigenvalue weighted by Gasteiger charge is -2.39. The maximum Gasteiger partial charge on any atom is 0.339 e. The minimum atomic E-state index is -1.89. The first-order chi connectivity index (χ1) is 13.8. The molecule has 9 nitrogen and oxygen atoms in total. The number of para-hydroxylation sites is 1. The molecule has 9 heteroatoms. The molecule has 0 aromatic heterocycles. The molecule has 0 saturated heterocycles. The molecule has 2 N–H and O–H groups in total. The largest absolute Gasteiger partial charge is 0.466 e. The maximum atomic E-state index is 13.2. The minimum absolute atomic E-state index is 0.0237. The van der Waals surface area contributed by atoms with Crippen molar-refractivity contribution in [3.8, 4) is 0 Å². The third kappa shape index (κ3) is 2.85. The summed E-state index contributed by atoms with van der Waals surface area (Å²) in [7, 11) is 4.29. The Bertz CT molecular complexity index is 950. The van der Waals surface area contributed by atoms with Crippen LogP contribution in [-0.4, -0.2) is 52.4 Å². The van der Waals surface area contributed by atoms with Crippen molar-refractivity contribution >= 4 is 23.6 Å². The van der Waals surface area contributed by atoms with E-state index in [0.29, 0.717) is 11.3 Å². The van der Waals surface area contributed by atoms with Crippen LogP contribution in [-0.2, 0) is 38.7 Å². The average Bonchev–Trinajstić information content (AvgIpc) is 2.96. The second kappa shape index (κ2) is 7.59. The Morgan fingerprint density at radius 1 is 1.14 bits per heavy atom. The van der Waals surface area contributed by atoms with Crippen LogP contribution in [0.3, 0.4) is 0 Å². The number of methoxy groups -OCH3 is 2. The van der Waals surface area contributed by atoms with Crippen molar-refractivity contribution in [3.63, 3.8) is 0 Å². The molecule has 0 bridgehead atoms. The van der Waals surface area contributed by atoms with Gasteiger partial charge in [-0.05, 0) is 13.0 Å². The number of benzene rings is 1. The highest BCUT2D eigenvalue weighted by atomic mass is 16.6. The predicted molar refractivity (Wildman–Crippen MR) is 101 cm³/mol. The lowest BCUT2D eigenvalue weighted by atomic mass is 9.66. The summed E-state index contributed by atoms with van der Waals surface area (Å²) in [4.78, 5) is 40.6. The number of cyclic esters (lactones) is 1. The van der Waals surface area contributed by atoms with Crippen LogP contribution < -0.4 is 10.6 Å². The van der Waals surface area contributed by atoms with Crippen molar-refractivity contribution < 1.29 is 33.3 Å². The first kappa shape index (κ1) is 20.4. The Morgan fingerprint density at radius 2 is 1.83 bits per heavy atom. The van der Waals surface area contributed by atoms with Gasteiger partial charge in [-0.2, -0.15) is 0 Å².